The molecule has 0 aliphatic heterocycles. The molecule has 47 heavy (non-hydrogen) atoms. The van der Waals surface area contributed by atoms with Gasteiger partial charge >= 0.3 is 24.1 Å². The molecule has 0 saturated heterocycles. The summed E-state index contributed by atoms with van der Waals surface area (Å²) in [6.07, 6.45) is -2.71. The van der Waals surface area contributed by atoms with Gasteiger partial charge in [0.2, 0.25) is 0 Å². The Kier molecular flexibility index (Phi) is 11.8. The van der Waals surface area contributed by atoms with Crippen molar-refractivity contribution in [2.24, 2.45) is 5.92 Å². The molecule has 1 fully saturated rings. The molecule has 1 aliphatic rings. The molecule has 0 radical (unpaired) electrons. The first-order chi connectivity index (χ1) is 22.5. The largest absolute Gasteiger partial charge is 0.465 e. The van der Waals surface area contributed by atoms with Crippen LogP contribution in [0.1, 0.15) is 67.4 Å². The van der Waals surface area contributed by atoms with Crippen molar-refractivity contribution >= 4 is 23.8 Å². The quantitative estimate of drug-likeness (QED) is 0.132. The number of esters is 3. The molecule has 1 aliphatic carbocycles. The smallest absolute Gasteiger partial charge is 0.416 e. The first-order valence-corrected chi connectivity index (χ1v) is 15.6. The van der Waals surface area contributed by atoms with Gasteiger partial charge < -0.3 is 19.5 Å². The van der Waals surface area contributed by atoms with Crippen molar-refractivity contribution in [2.45, 2.75) is 63.6 Å². The Balaban J connectivity index is 1.35. The van der Waals surface area contributed by atoms with Crippen LogP contribution in [0.15, 0.2) is 78.9 Å². The molecule has 0 heterocycles. The maximum Gasteiger partial charge on any atom is 0.416 e. The van der Waals surface area contributed by atoms with E-state index in [1.807, 2.05) is 0 Å². The standard InChI is InChI=1S/C36H38F3NO7/c1-3-45-33(43)35(34(44)46-4-2,26-10-6-5-7-11-26)22-23-47-32(42)25-16-20-28(21-17-25)40-31(41)30-13-9-8-12-29(30)24-14-18-27(19-15-24)36(37,38)39/h5-15,18-19,25,28H,3-4,16-17,20-23H2,1-2H3,(H,40,41). The predicted octanol–water partition coefficient (Wildman–Crippen LogP) is 6.66. The molecule has 0 unspecified atom stereocenters. The number of amides is 1. The van der Waals surface area contributed by atoms with E-state index >= 15 is 0 Å². The normalized spacial score (nSPS) is 16.5. The van der Waals surface area contributed by atoms with Crippen LogP contribution in [0.3, 0.4) is 0 Å². The van der Waals surface area contributed by atoms with Crippen LogP contribution in [0, 0.1) is 5.92 Å². The summed E-state index contributed by atoms with van der Waals surface area (Å²) in [4.78, 5) is 52.7. The van der Waals surface area contributed by atoms with Gasteiger partial charge in [-0.15, -0.1) is 0 Å². The van der Waals surface area contributed by atoms with Gasteiger partial charge in [0.25, 0.3) is 5.91 Å². The highest BCUT2D eigenvalue weighted by atomic mass is 19.4. The minimum atomic E-state index is -4.46. The minimum Gasteiger partial charge on any atom is -0.465 e. The van der Waals surface area contributed by atoms with E-state index in [0.29, 0.717) is 47.9 Å². The molecule has 0 bridgehead atoms. The van der Waals surface area contributed by atoms with E-state index in [1.54, 1.807) is 68.4 Å². The Morgan fingerprint density at radius 1 is 0.723 bits per heavy atom. The lowest BCUT2D eigenvalue weighted by Gasteiger charge is -2.30. The Morgan fingerprint density at radius 3 is 1.87 bits per heavy atom. The Morgan fingerprint density at radius 2 is 1.30 bits per heavy atom. The molecule has 0 spiro atoms. The zero-order chi connectivity index (χ0) is 34.0. The summed E-state index contributed by atoms with van der Waals surface area (Å²) in [5.74, 6) is -2.81. The van der Waals surface area contributed by atoms with Crippen LogP contribution in [-0.4, -0.2) is 49.7 Å². The Bertz CT molecular complexity index is 1510. The second kappa shape index (κ2) is 15.8. The van der Waals surface area contributed by atoms with Crippen LogP contribution < -0.4 is 5.32 Å². The number of nitrogens with one attached hydrogen (secondary N) is 1. The molecule has 0 atom stereocenters. The van der Waals surface area contributed by atoms with Crippen molar-refractivity contribution in [3.8, 4) is 11.1 Å². The van der Waals surface area contributed by atoms with Crippen molar-refractivity contribution in [2.75, 3.05) is 19.8 Å². The van der Waals surface area contributed by atoms with Crippen LogP contribution >= 0.6 is 0 Å². The zero-order valence-electron chi connectivity index (χ0n) is 26.3. The van der Waals surface area contributed by atoms with Gasteiger partial charge in [0.05, 0.1) is 31.3 Å². The van der Waals surface area contributed by atoms with E-state index in [1.165, 1.54) is 12.1 Å². The van der Waals surface area contributed by atoms with Crippen molar-refractivity contribution in [3.63, 3.8) is 0 Å². The van der Waals surface area contributed by atoms with E-state index in [4.69, 9.17) is 14.2 Å². The maximum atomic E-state index is 13.2. The molecule has 250 valence electrons. The summed E-state index contributed by atoms with van der Waals surface area (Å²) < 4.78 is 55.2. The number of rotatable bonds is 12. The van der Waals surface area contributed by atoms with Gasteiger partial charge in [-0.05, 0) is 74.4 Å². The van der Waals surface area contributed by atoms with E-state index in [2.05, 4.69) is 5.32 Å². The molecule has 0 aromatic heterocycles. The lowest BCUT2D eigenvalue weighted by molar-refractivity contribution is -0.168. The molecular formula is C36H38F3NO7. The van der Waals surface area contributed by atoms with Crippen LogP contribution in [0.2, 0.25) is 0 Å². The third-order valence-electron chi connectivity index (χ3n) is 8.33. The van der Waals surface area contributed by atoms with Gasteiger partial charge in [0.15, 0.2) is 5.41 Å². The second-order valence-corrected chi connectivity index (χ2v) is 11.3. The number of carbonyl (C=O) groups excluding carboxylic acids is 4. The van der Waals surface area contributed by atoms with Crippen molar-refractivity contribution in [3.05, 3.63) is 95.6 Å². The molecule has 11 heteroatoms. The topological polar surface area (TPSA) is 108 Å². The van der Waals surface area contributed by atoms with Gasteiger partial charge in [-0.3, -0.25) is 19.2 Å². The van der Waals surface area contributed by atoms with Crippen LogP contribution in [0.25, 0.3) is 11.1 Å². The number of alkyl halides is 3. The fourth-order valence-corrected chi connectivity index (χ4v) is 5.83. The number of carbonyl (C=O) groups is 4. The third-order valence-corrected chi connectivity index (χ3v) is 8.33. The molecule has 3 aromatic carbocycles. The van der Waals surface area contributed by atoms with Crippen LogP contribution in [-0.2, 0) is 40.2 Å². The maximum absolute atomic E-state index is 13.2. The first-order valence-electron chi connectivity index (χ1n) is 15.6. The highest BCUT2D eigenvalue weighted by molar-refractivity contribution is 6.06. The summed E-state index contributed by atoms with van der Waals surface area (Å²) >= 11 is 0. The van der Waals surface area contributed by atoms with Gasteiger partial charge in [-0.1, -0.05) is 60.7 Å². The first kappa shape index (κ1) is 35.2. The predicted molar refractivity (Wildman–Crippen MR) is 167 cm³/mol. The van der Waals surface area contributed by atoms with E-state index < -0.39 is 41.0 Å². The van der Waals surface area contributed by atoms with Crippen molar-refractivity contribution in [1.82, 2.24) is 5.32 Å². The molecule has 1 N–H and O–H groups in total. The summed E-state index contributed by atoms with van der Waals surface area (Å²) in [5, 5.41) is 3.00. The van der Waals surface area contributed by atoms with Crippen LogP contribution in [0.5, 0.6) is 0 Å². The van der Waals surface area contributed by atoms with E-state index in [0.717, 1.165) is 12.1 Å². The van der Waals surface area contributed by atoms with Crippen LogP contribution in [0.4, 0.5) is 13.2 Å². The molecular weight excluding hydrogens is 615 g/mol. The number of hydrogen-bond donors (Lipinski definition) is 1. The van der Waals surface area contributed by atoms with Gasteiger partial charge in [-0.25, -0.2) is 0 Å². The fraction of sp³-hybridized carbons (Fsp3) is 0.389. The SMILES string of the molecule is CCOC(=O)C(CCOC(=O)C1CCC(NC(=O)c2ccccc2-c2ccc(C(F)(F)F)cc2)CC1)(C(=O)OCC)c1ccccc1. The van der Waals surface area contributed by atoms with Crippen molar-refractivity contribution in [1.29, 1.82) is 0 Å². The number of hydrogen-bond acceptors (Lipinski definition) is 7. The number of benzene rings is 3. The summed E-state index contributed by atoms with van der Waals surface area (Å²) in [7, 11) is 0. The average Bonchev–Trinajstić information content (AvgIpc) is 3.07. The van der Waals surface area contributed by atoms with E-state index in [-0.39, 0.29) is 38.2 Å². The lowest BCUT2D eigenvalue weighted by atomic mass is 9.77. The second-order valence-electron chi connectivity index (χ2n) is 11.3. The molecule has 1 amide bonds. The average molecular weight is 654 g/mol. The molecule has 3 aromatic rings. The molecule has 1 saturated carbocycles. The highest BCUT2D eigenvalue weighted by Gasteiger charge is 2.50. The number of ether oxygens (including phenoxy) is 3. The minimum absolute atomic E-state index is 0.0486. The Hall–Kier alpha value is -4.67. The van der Waals surface area contributed by atoms with Gasteiger partial charge in [0.1, 0.15) is 0 Å². The third kappa shape index (κ3) is 8.38. The Labute approximate surface area is 271 Å². The number of halogens is 3. The van der Waals surface area contributed by atoms with Crippen molar-refractivity contribution < 1.29 is 46.6 Å². The summed E-state index contributed by atoms with van der Waals surface area (Å²) in [6.45, 7) is 3.15. The van der Waals surface area contributed by atoms with Gasteiger partial charge in [-0.2, -0.15) is 13.2 Å². The monoisotopic (exact) mass is 653 g/mol. The zero-order valence-corrected chi connectivity index (χ0v) is 26.3. The summed E-state index contributed by atoms with van der Waals surface area (Å²) in [6, 6.07) is 19.5. The van der Waals surface area contributed by atoms with Gasteiger partial charge in [0, 0.05) is 18.0 Å². The highest BCUT2D eigenvalue weighted by Crippen LogP contribution is 2.34. The lowest BCUT2D eigenvalue weighted by Crippen LogP contribution is -2.47. The molecule has 4 rings (SSSR count). The molecule has 8 nitrogen and oxygen atoms in total. The summed E-state index contributed by atoms with van der Waals surface area (Å²) in [5.41, 5.74) is -0.868. The fourth-order valence-electron chi connectivity index (χ4n) is 5.83. The van der Waals surface area contributed by atoms with E-state index in [9.17, 15) is 32.3 Å².